The Bertz CT molecular complexity index is 693. The summed E-state index contributed by atoms with van der Waals surface area (Å²) in [7, 11) is 0. The summed E-state index contributed by atoms with van der Waals surface area (Å²) in [6.07, 6.45) is 1.23. The molecule has 116 valence electrons. The van der Waals surface area contributed by atoms with Crippen LogP contribution in [0.25, 0.3) is 0 Å². The van der Waals surface area contributed by atoms with Gasteiger partial charge >= 0.3 is 5.97 Å². The molecule has 5 nitrogen and oxygen atoms in total. The van der Waals surface area contributed by atoms with Crippen molar-refractivity contribution in [3.05, 3.63) is 46.9 Å². The van der Waals surface area contributed by atoms with Crippen LogP contribution in [0.15, 0.2) is 30.5 Å². The van der Waals surface area contributed by atoms with Gasteiger partial charge in [-0.05, 0) is 31.2 Å². The summed E-state index contributed by atoms with van der Waals surface area (Å²) < 4.78 is 18.4. The van der Waals surface area contributed by atoms with Crippen molar-refractivity contribution in [2.75, 3.05) is 0 Å². The number of nitrogens with zero attached hydrogens (tertiary/aromatic N) is 1. The van der Waals surface area contributed by atoms with Gasteiger partial charge in [0.15, 0.2) is 5.75 Å². The molecule has 0 N–H and O–H groups in total. The first kappa shape index (κ1) is 16.0. The van der Waals surface area contributed by atoms with Crippen molar-refractivity contribution >= 4 is 17.6 Å². The molecule has 1 heterocycles. The van der Waals surface area contributed by atoms with Crippen LogP contribution in [0.1, 0.15) is 18.9 Å². The van der Waals surface area contributed by atoms with Gasteiger partial charge < -0.3 is 4.74 Å². The Labute approximate surface area is 131 Å². The Kier molecular flexibility index (Phi) is 5.16. The zero-order valence-electron chi connectivity index (χ0n) is 11.9. The molecule has 0 saturated heterocycles. The number of aryl methyl sites for hydroxylation is 1. The van der Waals surface area contributed by atoms with Crippen molar-refractivity contribution in [3.63, 3.8) is 0 Å². The van der Waals surface area contributed by atoms with Crippen LogP contribution in [0.3, 0.4) is 0 Å². The smallest absolute Gasteiger partial charge is 0.355 e. The third kappa shape index (κ3) is 4.08. The number of pyridine rings is 1. The number of rotatable bonds is 5. The lowest BCUT2D eigenvalue weighted by molar-refractivity contribution is -0.213. The molecular formula is C15H13ClFNO4. The highest BCUT2D eigenvalue weighted by Gasteiger charge is 2.10. The van der Waals surface area contributed by atoms with E-state index in [1.54, 1.807) is 32.0 Å². The molecule has 2 aromatic rings. The lowest BCUT2D eigenvalue weighted by Crippen LogP contribution is -2.06. The predicted octanol–water partition coefficient (Wildman–Crippen LogP) is 4.22. The van der Waals surface area contributed by atoms with E-state index in [-0.39, 0.29) is 17.3 Å². The fourth-order valence-electron chi connectivity index (χ4n) is 1.52. The quantitative estimate of drug-likeness (QED) is 0.608. The molecule has 1 aromatic heterocycles. The van der Waals surface area contributed by atoms with Crippen LogP contribution in [0.4, 0.5) is 4.39 Å². The Hall–Kier alpha value is -2.34. The van der Waals surface area contributed by atoms with Gasteiger partial charge in [-0.25, -0.2) is 14.2 Å². The molecule has 0 radical (unpaired) electrons. The van der Waals surface area contributed by atoms with Crippen molar-refractivity contribution < 1.29 is 23.7 Å². The molecule has 0 aliphatic heterocycles. The summed E-state index contributed by atoms with van der Waals surface area (Å²) in [5, 5.41) is 0.0647. The molecule has 22 heavy (non-hydrogen) atoms. The third-order valence-corrected chi connectivity index (χ3v) is 2.92. The van der Waals surface area contributed by atoms with Gasteiger partial charge in [-0.1, -0.05) is 18.5 Å². The molecule has 0 unspecified atom stereocenters. The van der Waals surface area contributed by atoms with Gasteiger partial charge in [0.25, 0.3) is 0 Å². The Balaban J connectivity index is 2.10. The minimum absolute atomic E-state index is 0.0647. The van der Waals surface area contributed by atoms with Crippen molar-refractivity contribution in [2.45, 2.75) is 20.3 Å². The van der Waals surface area contributed by atoms with E-state index in [1.807, 2.05) is 0 Å². The van der Waals surface area contributed by atoms with E-state index in [2.05, 4.69) is 9.87 Å². The van der Waals surface area contributed by atoms with Crippen LogP contribution < -0.4 is 9.62 Å². The average Bonchev–Trinajstić information content (AvgIpc) is 2.49. The number of ether oxygens (including phenoxy) is 1. The van der Waals surface area contributed by atoms with Gasteiger partial charge in [-0.15, -0.1) is 0 Å². The third-order valence-electron chi connectivity index (χ3n) is 2.65. The summed E-state index contributed by atoms with van der Waals surface area (Å²) in [5.41, 5.74) is 0.680. The zero-order valence-corrected chi connectivity index (χ0v) is 12.7. The Morgan fingerprint density at radius 2 is 2.14 bits per heavy atom. The second-order valence-electron chi connectivity index (χ2n) is 4.36. The summed E-state index contributed by atoms with van der Waals surface area (Å²) in [6, 6.07) is 5.92. The van der Waals surface area contributed by atoms with Crippen LogP contribution in [0.5, 0.6) is 17.4 Å². The number of carbonyl (C=O) groups excluding carboxylic acids is 1. The van der Waals surface area contributed by atoms with Crippen LogP contribution in [0.2, 0.25) is 5.02 Å². The number of aromatic nitrogens is 1. The minimum atomic E-state index is -0.546. The largest absolute Gasteiger partial charge is 0.438 e. The molecule has 0 fully saturated rings. The zero-order chi connectivity index (χ0) is 16.1. The number of carbonyl (C=O) groups is 1. The van der Waals surface area contributed by atoms with Crippen molar-refractivity contribution in [1.29, 1.82) is 0 Å². The lowest BCUT2D eigenvalue weighted by Gasteiger charge is -2.10. The first-order valence-electron chi connectivity index (χ1n) is 6.46. The number of benzene rings is 1. The molecule has 0 atom stereocenters. The number of hydrogen-bond donors (Lipinski definition) is 0. The molecule has 1 aromatic carbocycles. The fraction of sp³-hybridized carbons (Fsp3) is 0.200. The maximum absolute atomic E-state index is 12.9. The maximum atomic E-state index is 12.9. The second-order valence-corrected chi connectivity index (χ2v) is 4.77. The van der Waals surface area contributed by atoms with E-state index < -0.39 is 11.8 Å². The van der Waals surface area contributed by atoms with Gasteiger partial charge in [0.2, 0.25) is 5.88 Å². The molecule has 0 bridgehead atoms. The molecule has 7 heteroatoms. The van der Waals surface area contributed by atoms with Crippen molar-refractivity contribution in [2.24, 2.45) is 0 Å². The highest BCUT2D eigenvalue weighted by Crippen LogP contribution is 2.30. The first-order valence-corrected chi connectivity index (χ1v) is 6.84. The SMILES string of the molecule is CCC(=O)OOc1ccc(Oc2ncc(F)cc2Cl)cc1C. The molecule has 0 spiro atoms. The standard InChI is InChI=1S/C15H13ClFNO4/c1-3-14(19)22-21-13-5-4-11(6-9(13)2)20-15-12(16)7-10(17)8-18-15/h4-8H,3H2,1-2H3. The van der Waals surface area contributed by atoms with Crippen LogP contribution in [-0.4, -0.2) is 11.0 Å². The first-order chi connectivity index (χ1) is 10.5. The van der Waals surface area contributed by atoms with Gasteiger partial charge in [0.05, 0.1) is 6.20 Å². The van der Waals surface area contributed by atoms with Gasteiger partial charge in [-0.3, -0.25) is 9.78 Å². The molecule has 2 rings (SSSR count). The molecule has 0 saturated carbocycles. The fourth-order valence-corrected chi connectivity index (χ4v) is 1.71. The van der Waals surface area contributed by atoms with Crippen molar-refractivity contribution in [3.8, 4) is 17.4 Å². The normalized spacial score (nSPS) is 10.2. The summed E-state index contributed by atoms with van der Waals surface area (Å²) >= 11 is 5.84. The minimum Gasteiger partial charge on any atom is -0.438 e. The van der Waals surface area contributed by atoms with E-state index >= 15 is 0 Å². The predicted molar refractivity (Wildman–Crippen MR) is 77.5 cm³/mol. The van der Waals surface area contributed by atoms with E-state index in [9.17, 15) is 9.18 Å². The summed E-state index contributed by atoms with van der Waals surface area (Å²) in [6.45, 7) is 3.41. The second kappa shape index (κ2) is 7.09. The number of hydrogen-bond acceptors (Lipinski definition) is 5. The van der Waals surface area contributed by atoms with Crippen LogP contribution in [0, 0.1) is 12.7 Å². The van der Waals surface area contributed by atoms with Gasteiger partial charge in [0.1, 0.15) is 16.6 Å². The summed E-state index contributed by atoms with van der Waals surface area (Å²) in [5.74, 6) is -0.106. The Morgan fingerprint density at radius 3 is 2.77 bits per heavy atom. The molecular weight excluding hydrogens is 313 g/mol. The van der Waals surface area contributed by atoms with Gasteiger partial charge in [-0.2, -0.15) is 0 Å². The summed E-state index contributed by atoms with van der Waals surface area (Å²) in [4.78, 5) is 24.3. The highest BCUT2D eigenvalue weighted by molar-refractivity contribution is 6.31. The van der Waals surface area contributed by atoms with E-state index in [1.165, 1.54) is 0 Å². The van der Waals surface area contributed by atoms with E-state index in [4.69, 9.17) is 21.2 Å². The lowest BCUT2D eigenvalue weighted by atomic mass is 10.2. The van der Waals surface area contributed by atoms with Crippen LogP contribution >= 0.6 is 11.6 Å². The maximum Gasteiger partial charge on any atom is 0.355 e. The number of halogens is 2. The van der Waals surface area contributed by atoms with E-state index in [0.717, 1.165) is 12.3 Å². The molecule has 0 amide bonds. The topological polar surface area (TPSA) is 57.7 Å². The highest BCUT2D eigenvalue weighted by atomic mass is 35.5. The Morgan fingerprint density at radius 1 is 1.36 bits per heavy atom. The average molecular weight is 326 g/mol. The molecule has 0 aliphatic carbocycles. The van der Waals surface area contributed by atoms with E-state index in [0.29, 0.717) is 17.1 Å². The van der Waals surface area contributed by atoms with Crippen LogP contribution in [-0.2, 0) is 9.68 Å². The molecule has 0 aliphatic rings. The monoisotopic (exact) mass is 325 g/mol. The van der Waals surface area contributed by atoms with Crippen molar-refractivity contribution in [1.82, 2.24) is 4.98 Å². The van der Waals surface area contributed by atoms with Gasteiger partial charge in [0, 0.05) is 12.0 Å².